The Kier molecular flexibility index (Phi) is 5.05. The van der Waals surface area contributed by atoms with E-state index in [0.29, 0.717) is 0 Å². The molecule has 0 saturated heterocycles. The van der Waals surface area contributed by atoms with E-state index in [1.807, 2.05) is 0 Å². The zero-order valence-corrected chi connectivity index (χ0v) is 10.4. The van der Waals surface area contributed by atoms with Crippen LogP contribution in [-0.4, -0.2) is 28.1 Å². The lowest BCUT2D eigenvalue weighted by Gasteiger charge is -2.09. The molecule has 1 rings (SSSR count). The number of hydrogen-bond acceptors (Lipinski definition) is 3. The maximum atomic E-state index is 11.6. The van der Waals surface area contributed by atoms with Gasteiger partial charge in [-0.05, 0) is 18.6 Å². The molecule has 6 nitrogen and oxygen atoms in total. The van der Waals surface area contributed by atoms with Crippen molar-refractivity contribution < 1.29 is 24.6 Å². The van der Waals surface area contributed by atoms with E-state index in [4.69, 9.17) is 10.2 Å². The van der Waals surface area contributed by atoms with E-state index in [0.717, 1.165) is 0 Å². The molecular weight excluding hydrogens is 250 g/mol. The maximum absolute atomic E-state index is 11.6. The van der Waals surface area contributed by atoms with Crippen molar-refractivity contribution in [2.75, 3.05) is 5.32 Å². The summed E-state index contributed by atoms with van der Waals surface area (Å²) in [7, 11) is 0. The highest BCUT2D eigenvalue weighted by atomic mass is 16.4. The van der Waals surface area contributed by atoms with Gasteiger partial charge in [-0.15, -0.1) is 0 Å². The minimum Gasteiger partial charge on any atom is -0.481 e. The number of aliphatic carboxylic acids is 1. The third-order valence-corrected chi connectivity index (χ3v) is 2.66. The van der Waals surface area contributed by atoms with Gasteiger partial charge in [-0.25, -0.2) is 4.79 Å². The van der Waals surface area contributed by atoms with Crippen molar-refractivity contribution in [3.8, 4) is 0 Å². The summed E-state index contributed by atoms with van der Waals surface area (Å²) in [5, 5.41) is 20.1. The molecule has 0 saturated carbocycles. The molecule has 1 atom stereocenters. The highest BCUT2D eigenvalue weighted by Crippen LogP contribution is 2.16. The molecule has 1 aromatic rings. The molecule has 0 spiro atoms. The lowest BCUT2D eigenvalue weighted by atomic mass is 10.1. The van der Waals surface area contributed by atoms with Gasteiger partial charge in [0.1, 0.15) is 0 Å². The van der Waals surface area contributed by atoms with E-state index in [1.54, 1.807) is 12.1 Å². The lowest BCUT2D eigenvalue weighted by Crippen LogP contribution is -2.17. The Morgan fingerprint density at radius 3 is 2.42 bits per heavy atom. The highest BCUT2D eigenvalue weighted by Gasteiger charge is 2.15. The van der Waals surface area contributed by atoms with E-state index >= 15 is 0 Å². The summed E-state index contributed by atoms with van der Waals surface area (Å²) in [6.07, 6.45) is 0.234. The molecule has 102 valence electrons. The maximum Gasteiger partial charge on any atom is 0.337 e. The van der Waals surface area contributed by atoms with Gasteiger partial charge in [0.2, 0.25) is 5.91 Å². The van der Waals surface area contributed by atoms with Gasteiger partial charge < -0.3 is 15.5 Å². The predicted octanol–water partition coefficient (Wildman–Crippen LogP) is 1.82. The fourth-order valence-corrected chi connectivity index (χ4v) is 1.46. The van der Waals surface area contributed by atoms with Crippen LogP contribution in [0.1, 0.15) is 30.1 Å². The van der Waals surface area contributed by atoms with Crippen LogP contribution in [-0.2, 0) is 9.59 Å². The van der Waals surface area contributed by atoms with Crippen molar-refractivity contribution in [1.82, 2.24) is 0 Å². The van der Waals surface area contributed by atoms with E-state index in [2.05, 4.69) is 5.32 Å². The van der Waals surface area contributed by atoms with Gasteiger partial charge in [0, 0.05) is 6.42 Å². The summed E-state index contributed by atoms with van der Waals surface area (Å²) in [6.45, 7) is 1.51. The van der Waals surface area contributed by atoms with Crippen molar-refractivity contribution in [3.63, 3.8) is 0 Å². The molecule has 0 aliphatic rings. The summed E-state index contributed by atoms with van der Waals surface area (Å²) >= 11 is 0. The minimum atomic E-state index is -1.13. The quantitative estimate of drug-likeness (QED) is 0.727. The summed E-state index contributed by atoms with van der Waals surface area (Å²) in [5.41, 5.74) is 0.213. The summed E-state index contributed by atoms with van der Waals surface area (Å²) in [5.74, 6) is -3.10. The van der Waals surface area contributed by atoms with Crippen LogP contribution < -0.4 is 5.32 Å². The zero-order chi connectivity index (χ0) is 14.4. The molecule has 19 heavy (non-hydrogen) atoms. The van der Waals surface area contributed by atoms with Gasteiger partial charge in [0.05, 0.1) is 17.2 Å². The fourth-order valence-electron chi connectivity index (χ4n) is 1.46. The fraction of sp³-hybridized carbons (Fsp3) is 0.308. The zero-order valence-electron chi connectivity index (χ0n) is 10.4. The number of carbonyl (C=O) groups excluding carboxylic acids is 1. The molecule has 3 N–H and O–H groups in total. The van der Waals surface area contributed by atoms with Gasteiger partial charge in [-0.3, -0.25) is 9.59 Å². The molecule has 0 bridgehead atoms. The third kappa shape index (κ3) is 4.42. The van der Waals surface area contributed by atoms with Crippen molar-refractivity contribution in [3.05, 3.63) is 29.8 Å². The van der Waals surface area contributed by atoms with Crippen molar-refractivity contribution in [2.24, 2.45) is 5.92 Å². The molecule has 0 heterocycles. The average molecular weight is 265 g/mol. The van der Waals surface area contributed by atoms with Crippen LogP contribution in [0, 0.1) is 5.92 Å². The summed E-state index contributed by atoms with van der Waals surface area (Å²) in [6, 6.07) is 6.05. The standard InChI is InChI=1S/C13H15NO5/c1-8(12(16)17)6-7-11(15)14-10-5-3-2-4-9(10)13(18)19/h2-5,8H,6-7H2,1H3,(H,14,15)(H,16,17)(H,18,19). The van der Waals surface area contributed by atoms with Crippen LogP contribution in [0.4, 0.5) is 5.69 Å². The molecule has 6 heteroatoms. The van der Waals surface area contributed by atoms with Crippen LogP contribution in [0.15, 0.2) is 24.3 Å². The number of carboxylic acids is 2. The van der Waals surface area contributed by atoms with Crippen LogP contribution in [0.25, 0.3) is 0 Å². The normalized spacial score (nSPS) is 11.6. The lowest BCUT2D eigenvalue weighted by molar-refractivity contribution is -0.141. The number of amides is 1. The number of hydrogen-bond donors (Lipinski definition) is 3. The Balaban J connectivity index is 2.63. The average Bonchev–Trinajstić information content (AvgIpc) is 2.36. The largest absolute Gasteiger partial charge is 0.481 e. The Hall–Kier alpha value is -2.37. The second-order valence-electron chi connectivity index (χ2n) is 4.18. The third-order valence-electron chi connectivity index (χ3n) is 2.66. The van der Waals surface area contributed by atoms with Gasteiger partial charge in [-0.1, -0.05) is 19.1 Å². The van der Waals surface area contributed by atoms with E-state index in [-0.39, 0.29) is 24.1 Å². The Labute approximate surface area is 110 Å². The molecule has 0 radical (unpaired) electrons. The molecule has 0 aliphatic heterocycles. The van der Waals surface area contributed by atoms with Crippen molar-refractivity contribution in [2.45, 2.75) is 19.8 Å². The molecule has 1 aromatic carbocycles. The molecule has 1 amide bonds. The molecular formula is C13H15NO5. The Morgan fingerprint density at radius 1 is 1.21 bits per heavy atom. The number of para-hydroxylation sites is 1. The van der Waals surface area contributed by atoms with Crippen LogP contribution in [0.3, 0.4) is 0 Å². The number of nitrogens with one attached hydrogen (secondary N) is 1. The smallest absolute Gasteiger partial charge is 0.337 e. The number of carboxylic acid groups (broad SMARTS) is 2. The first-order valence-electron chi connectivity index (χ1n) is 5.76. The molecule has 0 fully saturated rings. The minimum absolute atomic E-state index is 0.00198. The number of anilines is 1. The number of rotatable bonds is 6. The number of carbonyl (C=O) groups is 3. The summed E-state index contributed by atoms with van der Waals surface area (Å²) < 4.78 is 0. The summed E-state index contributed by atoms with van der Waals surface area (Å²) in [4.78, 5) is 33.2. The van der Waals surface area contributed by atoms with E-state index in [9.17, 15) is 14.4 Å². The van der Waals surface area contributed by atoms with Crippen molar-refractivity contribution >= 4 is 23.5 Å². The predicted molar refractivity (Wildman–Crippen MR) is 68.1 cm³/mol. The topological polar surface area (TPSA) is 104 Å². The molecule has 0 aliphatic carbocycles. The first kappa shape index (κ1) is 14.7. The van der Waals surface area contributed by atoms with Crippen molar-refractivity contribution in [1.29, 1.82) is 0 Å². The number of benzene rings is 1. The Morgan fingerprint density at radius 2 is 1.84 bits per heavy atom. The Bertz CT molecular complexity index is 498. The number of aromatic carboxylic acids is 1. The molecule has 1 unspecified atom stereocenters. The van der Waals surface area contributed by atoms with Crippen LogP contribution in [0.2, 0.25) is 0 Å². The molecule has 0 aromatic heterocycles. The second kappa shape index (κ2) is 6.53. The van der Waals surface area contributed by atoms with Crippen LogP contribution >= 0.6 is 0 Å². The van der Waals surface area contributed by atoms with Gasteiger partial charge >= 0.3 is 11.9 Å². The van der Waals surface area contributed by atoms with Gasteiger partial charge in [-0.2, -0.15) is 0 Å². The first-order chi connectivity index (χ1) is 8.91. The monoisotopic (exact) mass is 265 g/mol. The SMILES string of the molecule is CC(CCC(=O)Nc1ccccc1C(=O)O)C(=O)O. The van der Waals surface area contributed by atoms with Gasteiger partial charge in [0.15, 0.2) is 0 Å². The first-order valence-corrected chi connectivity index (χ1v) is 5.76. The highest BCUT2D eigenvalue weighted by molar-refractivity contribution is 6.00. The van der Waals surface area contributed by atoms with E-state index < -0.39 is 23.8 Å². The van der Waals surface area contributed by atoms with E-state index in [1.165, 1.54) is 19.1 Å². The van der Waals surface area contributed by atoms with Crippen LogP contribution in [0.5, 0.6) is 0 Å². The second-order valence-corrected chi connectivity index (χ2v) is 4.18. The van der Waals surface area contributed by atoms with Gasteiger partial charge in [0.25, 0.3) is 0 Å².